The van der Waals surface area contributed by atoms with Crippen molar-refractivity contribution in [1.29, 1.82) is 0 Å². The number of hydrogen-bond donors (Lipinski definition) is 2. The van der Waals surface area contributed by atoms with Gasteiger partial charge in [-0.15, -0.1) is 0 Å². The Morgan fingerprint density at radius 2 is 2.16 bits per heavy atom. The van der Waals surface area contributed by atoms with Crippen LogP contribution in [0.3, 0.4) is 0 Å². The molecule has 0 saturated carbocycles. The summed E-state index contributed by atoms with van der Waals surface area (Å²) < 4.78 is 0. The van der Waals surface area contributed by atoms with Crippen molar-refractivity contribution in [3.8, 4) is 0 Å². The number of carbonyl (C=O) groups is 1. The van der Waals surface area contributed by atoms with Crippen LogP contribution in [-0.4, -0.2) is 24.5 Å². The normalized spacial score (nSPS) is 25.0. The van der Waals surface area contributed by atoms with Gasteiger partial charge in [-0.25, -0.2) is 0 Å². The first-order chi connectivity index (χ1) is 9.13. The Hall–Kier alpha value is -0.570. The second-order valence-electron chi connectivity index (χ2n) is 6.20. The molecule has 3 atom stereocenters. The zero-order chi connectivity index (χ0) is 14.1. The van der Waals surface area contributed by atoms with E-state index in [0.29, 0.717) is 24.4 Å². The third kappa shape index (κ3) is 6.95. The molecule has 0 aromatic carbocycles. The lowest BCUT2D eigenvalue weighted by Gasteiger charge is -2.30. The van der Waals surface area contributed by atoms with E-state index in [9.17, 15) is 4.79 Å². The van der Waals surface area contributed by atoms with Gasteiger partial charge in [0, 0.05) is 18.5 Å². The fourth-order valence-corrected chi connectivity index (χ4v) is 2.87. The van der Waals surface area contributed by atoms with Crippen molar-refractivity contribution in [2.75, 3.05) is 6.54 Å². The molecule has 1 fully saturated rings. The Balaban J connectivity index is 2.15. The van der Waals surface area contributed by atoms with Gasteiger partial charge in [0.05, 0.1) is 0 Å². The Kier molecular flexibility index (Phi) is 8.11. The quantitative estimate of drug-likeness (QED) is 0.664. The van der Waals surface area contributed by atoms with Crippen molar-refractivity contribution in [2.24, 2.45) is 5.92 Å². The number of hydrogen-bond acceptors (Lipinski definition) is 2. The minimum atomic E-state index is 0.217. The highest BCUT2D eigenvalue weighted by Gasteiger charge is 2.23. The molecule has 1 aliphatic rings. The second kappa shape index (κ2) is 9.35. The van der Waals surface area contributed by atoms with E-state index in [4.69, 9.17) is 0 Å². The smallest absolute Gasteiger partial charge is 0.221 e. The van der Waals surface area contributed by atoms with Crippen LogP contribution in [0.4, 0.5) is 0 Å². The maximum Gasteiger partial charge on any atom is 0.221 e. The second-order valence-corrected chi connectivity index (χ2v) is 6.20. The van der Waals surface area contributed by atoms with Gasteiger partial charge in [0.2, 0.25) is 5.91 Å². The highest BCUT2D eigenvalue weighted by molar-refractivity contribution is 5.76. The van der Waals surface area contributed by atoms with Crippen LogP contribution in [0, 0.1) is 5.92 Å². The first-order valence-electron chi connectivity index (χ1n) is 8.16. The number of piperidine rings is 1. The van der Waals surface area contributed by atoms with E-state index in [1.54, 1.807) is 0 Å². The molecule has 0 bridgehead atoms. The van der Waals surface area contributed by atoms with E-state index in [0.717, 1.165) is 13.0 Å². The summed E-state index contributed by atoms with van der Waals surface area (Å²) in [4.78, 5) is 12.0. The predicted molar refractivity (Wildman–Crippen MR) is 81.2 cm³/mol. The molecule has 0 aliphatic carbocycles. The van der Waals surface area contributed by atoms with Gasteiger partial charge in [0.25, 0.3) is 0 Å². The lowest BCUT2D eigenvalue weighted by atomic mass is 9.90. The summed E-state index contributed by atoms with van der Waals surface area (Å²) in [6, 6.07) is 0.698. The van der Waals surface area contributed by atoms with Crippen molar-refractivity contribution in [1.82, 2.24) is 10.6 Å². The molecule has 1 aliphatic heterocycles. The van der Waals surface area contributed by atoms with Crippen LogP contribution in [0.2, 0.25) is 0 Å². The molecule has 0 aromatic rings. The van der Waals surface area contributed by atoms with E-state index in [1.807, 2.05) is 0 Å². The molecule has 1 heterocycles. The molecular weight excluding hydrogens is 236 g/mol. The zero-order valence-corrected chi connectivity index (χ0v) is 13.0. The topological polar surface area (TPSA) is 41.1 Å². The molecule has 3 unspecified atom stereocenters. The van der Waals surface area contributed by atoms with Crippen LogP contribution in [0.1, 0.15) is 72.1 Å². The number of unbranched alkanes of at least 4 members (excludes halogenated alkanes) is 3. The molecule has 3 heteroatoms. The number of carbonyl (C=O) groups excluding carboxylic acids is 1. The number of nitrogens with one attached hydrogen (secondary N) is 2. The molecule has 1 amide bonds. The summed E-state index contributed by atoms with van der Waals surface area (Å²) in [5, 5.41) is 6.62. The molecule has 19 heavy (non-hydrogen) atoms. The fourth-order valence-electron chi connectivity index (χ4n) is 2.87. The lowest BCUT2D eigenvalue weighted by molar-refractivity contribution is -0.122. The van der Waals surface area contributed by atoms with E-state index in [1.165, 1.54) is 38.5 Å². The van der Waals surface area contributed by atoms with Crippen LogP contribution < -0.4 is 10.6 Å². The average molecular weight is 268 g/mol. The molecule has 1 saturated heterocycles. The maximum atomic E-state index is 12.0. The van der Waals surface area contributed by atoms with Gasteiger partial charge >= 0.3 is 0 Å². The zero-order valence-electron chi connectivity index (χ0n) is 13.0. The molecule has 0 aromatic heterocycles. The van der Waals surface area contributed by atoms with Gasteiger partial charge in [-0.2, -0.15) is 0 Å². The molecule has 112 valence electrons. The maximum absolute atomic E-state index is 12.0. The largest absolute Gasteiger partial charge is 0.354 e. The van der Waals surface area contributed by atoms with Crippen LogP contribution in [-0.2, 0) is 4.79 Å². The number of amides is 1. The number of rotatable bonds is 8. The van der Waals surface area contributed by atoms with Gasteiger partial charge in [-0.05, 0) is 38.6 Å². The van der Waals surface area contributed by atoms with E-state index >= 15 is 0 Å². The Labute approximate surface area is 118 Å². The predicted octanol–water partition coefficient (Wildman–Crippen LogP) is 3.24. The Morgan fingerprint density at radius 3 is 2.84 bits per heavy atom. The van der Waals surface area contributed by atoms with Gasteiger partial charge in [0.1, 0.15) is 0 Å². The van der Waals surface area contributed by atoms with Crippen molar-refractivity contribution in [3.63, 3.8) is 0 Å². The minimum absolute atomic E-state index is 0.217. The summed E-state index contributed by atoms with van der Waals surface area (Å²) in [5.41, 5.74) is 0. The molecule has 0 spiro atoms. The summed E-state index contributed by atoms with van der Waals surface area (Å²) in [6.07, 6.45) is 9.34. The van der Waals surface area contributed by atoms with Crippen LogP contribution in [0.25, 0.3) is 0 Å². The Bertz CT molecular complexity index is 255. The third-order valence-corrected chi connectivity index (χ3v) is 4.23. The molecule has 1 rings (SSSR count). The first-order valence-corrected chi connectivity index (χ1v) is 8.16. The minimum Gasteiger partial charge on any atom is -0.354 e. The average Bonchev–Trinajstić information content (AvgIpc) is 2.37. The van der Waals surface area contributed by atoms with Crippen LogP contribution in [0.15, 0.2) is 0 Å². The highest BCUT2D eigenvalue weighted by atomic mass is 16.1. The standard InChI is InChI=1S/C16H32N2O/c1-4-5-6-7-10-14(3)18-16(19)12-15-13(2)9-8-11-17-15/h13-15,17H,4-12H2,1-3H3,(H,18,19). The van der Waals surface area contributed by atoms with Crippen molar-refractivity contribution < 1.29 is 4.79 Å². The molecule has 3 nitrogen and oxygen atoms in total. The van der Waals surface area contributed by atoms with Gasteiger partial charge in [0.15, 0.2) is 0 Å². The monoisotopic (exact) mass is 268 g/mol. The highest BCUT2D eigenvalue weighted by Crippen LogP contribution is 2.18. The SMILES string of the molecule is CCCCCCC(C)NC(=O)CC1NCCCC1C. The van der Waals surface area contributed by atoms with E-state index < -0.39 is 0 Å². The van der Waals surface area contributed by atoms with Crippen LogP contribution in [0.5, 0.6) is 0 Å². The molecular formula is C16H32N2O. The summed E-state index contributed by atoms with van der Waals surface area (Å²) >= 11 is 0. The van der Waals surface area contributed by atoms with Crippen molar-refractivity contribution >= 4 is 5.91 Å². The molecule has 2 N–H and O–H groups in total. The summed E-state index contributed by atoms with van der Waals surface area (Å²) in [7, 11) is 0. The van der Waals surface area contributed by atoms with Gasteiger partial charge in [-0.1, -0.05) is 39.5 Å². The first kappa shape index (κ1) is 16.5. The third-order valence-electron chi connectivity index (χ3n) is 4.23. The fraction of sp³-hybridized carbons (Fsp3) is 0.938. The van der Waals surface area contributed by atoms with E-state index in [-0.39, 0.29) is 5.91 Å². The van der Waals surface area contributed by atoms with Crippen LogP contribution >= 0.6 is 0 Å². The van der Waals surface area contributed by atoms with Gasteiger partial charge < -0.3 is 10.6 Å². The van der Waals surface area contributed by atoms with E-state index in [2.05, 4.69) is 31.4 Å². The van der Waals surface area contributed by atoms with Crippen molar-refractivity contribution in [3.05, 3.63) is 0 Å². The lowest BCUT2D eigenvalue weighted by Crippen LogP contribution is -2.44. The summed E-state index contributed by atoms with van der Waals surface area (Å²) in [6.45, 7) is 7.66. The Morgan fingerprint density at radius 1 is 1.37 bits per heavy atom. The molecule has 0 radical (unpaired) electrons. The van der Waals surface area contributed by atoms with Gasteiger partial charge in [-0.3, -0.25) is 4.79 Å². The van der Waals surface area contributed by atoms with Crippen molar-refractivity contribution in [2.45, 2.75) is 84.2 Å². The summed E-state index contributed by atoms with van der Waals surface area (Å²) in [5.74, 6) is 0.841.